The molecule has 3 aromatic rings. The highest BCUT2D eigenvalue weighted by Crippen LogP contribution is 2.30. The maximum absolute atomic E-state index is 13.6. The third-order valence-corrected chi connectivity index (χ3v) is 6.54. The molecule has 8 nitrogen and oxygen atoms in total. The first-order valence-electron chi connectivity index (χ1n) is 11.5. The van der Waals surface area contributed by atoms with Crippen LogP contribution in [0.2, 0.25) is 5.02 Å². The van der Waals surface area contributed by atoms with Crippen molar-refractivity contribution in [3.05, 3.63) is 82.4 Å². The minimum absolute atomic E-state index is 0.00173. The lowest BCUT2D eigenvalue weighted by Crippen LogP contribution is -2.64. The third kappa shape index (κ3) is 4.79. The largest absolute Gasteiger partial charge is 0.350 e. The Morgan fingerprint density at radius 3 is 2.54 bits per heavy atom. The van der Waals surface area contributed by atoms with Gasteiger partial charge in [0.1, 0.15) is 11.2 Å². The van der Waals surface area contributed by atoms with Gasteiger partial charge in [-0.3, -0.25) is 14.4 Å². The molecule has 2 heterocycles. The molecule has 2 N–H and O–H groups in total. The number of benzene rings is 2. The molecule has 2 aromatic carbocycles. The van der Waals surface area contributed by atoms with Gasteiger partial charge in [0, 0.05) is 13.1 Å². The quantitative estimate of drug-likeness (QED) is 0.519. The standard InChI is InChI=1S/C26H28ClN5O3/c1-4-13-32-24(34)22-21(23(33)30-20-8-6-5-7-19(20)27)29-16-31(22)15-26(32,3)25(35)28-14-18-11-9-17(2)10-12-18/h5-12,16H,4,13-15H2,1-3H3,(H,28,35)(H,30,33)/t26-/m0/s1. The van der Waals surface area contributed by atoms with Crippen molar-refractivity contribution in [2.45, 2.75) is 45.8 Å². The number of fused-ring (bicyclic) bond motifs is 1. The van der Waals surface area contributed by atoms with E-state index in [1.807, 2.05) is 38.1 Å². The van der Waals surface area contributed by atoms with Crippen molar-refractivity contribution >= 4 is 35.0 Å². The Bertz CT molecular complexity index is 1270. The summed E-state index contributed by atoms with van der Waals surface area (Å²) in [4.78, 5) is 45.8. The minimum atomic E-state index is -1.14. The molecule has 0 saturated heterocycles. The van der Waals surface area contributed by atoms with Crippen LogP contribution >= 0.6 is 11.6 Å². The second kappa shape index (κ2) is 9.92. The van der Waals surface area contributed by atoms with Crippen LogP contribution in [0.1, 0.15) is 52.4 Å². The smallest absolute Gasteiger partial charge is 0.276 e. The normalized spacial score (nSPS) is 17.1. The number of hydrogen-bond donors (Lipinski definition) is 2. The van der Waals surface area contributed by atoms with E-state index in [2.05, 4.69) is 15.6 Å². The fourth-order valence-electron chi connectivity index (χ4n) is 4.25. The summed E-state index contributed by atoms with van der Waals surface area (Å²) in [6.07, 6.45) is 2.09. The van der Waals surface area contributed by atoms with E-state index in [1.165, 1.54) is 6.33 Å². The summed E-state index contributed by atoms with van der Waals surface area (Å²) in [7, 11) is 0. The predicted molar refractivity (Wildman–Crippen MR) is 134 cm³/mol. The van der Waals surface area contributed by atoms with Crippen LogP contribution in [0.4, 0.5) is 5.69 Å². The zero-order valence-electron chi connectivity index (χ0n) is 20.0. The zero-order chi connectivity index (χ0) is 25.2. The summed E-state index contributed by atoms with van der Waals surface area (Å²) in [6.45, 7) is 6.59. The molecule has 3 amide bonds. The van der Waals surface area contributed by atoms with E-state index in [1.54, 1.807) is 40.7 Å². The fraction of sp³-hybridized carbons (Fsp3) is 0.308. The molecule has 35 heavy (non-hydrogen) atoms. The van der Waals surface area contributed by atoms with Gasteiger partial charge in [0.2, 0.25) is 5.91 Å². The van der Waals surface area contributed by atoms with Gasteiger partial charge in [-0.2, -0.15) is 0 Å². The van der Waals surface area contributed by atoms with Crippen molar-refractivity contribution in [2.75, 3.05) is 11.9 Å². The maximum Gasteiger partial charge on any atom is 0.276 e. The van der Waals surface area contributed by atoms with Crippen molar-refractivity contribution < 1.29 is 14.4 Å². The molecule has 1 aliphatic heterocycles. The Kier molecular flexibility index (Phi) is 6.93. The van der Waals surface area contributed by atoms with Crippen molar-refractivity contribution in [1.82, 2.24) is 19.8 Å². The first kappa shape index (κ1) is 24.5. The Balaban J connectivity index is 1.59. The van der Waals surface area contributed by atoms with Crippen molar-refractivity contribution in [2.24, 2.45) is 0 Å². The van der Waals surface area contributed by atoms with Crippen LogP contribution in [0, 0.1) is 6.92 Å². The lowest BCUT2D eigenvalue weighted by Gasteiger charge is -2.43. The summed E-state index contributed by atoms with van der Waals surface area (Å²) in [5, 5.41) is 6.08. The maximum atomic E-state index is 13.6. The number of halogens is 1. The van der Waals surface area contributed by atoms with Gasteiger partial charge in [0.25, 0.3) is 11.8 Å². The van der Waals surface area contributed by atoms with Gasteiger partial charge < -0.3 is 20.1 Å². The molecule has 0 spiro atoms. The summed E-state index contributed by atoms with van der Waals surface area (Å²) < 4.78 is 1.58. The molecule has 0 unspecified atom stereocenters. The number of nitrogens with one attached hydrogen (secondary N) is 2. The van der Waals surface area contributed by atoms with Crippen molar-refractivity contribution in [3.8, 4) is 0 Å². The summed E-state index contributed by atoms with van der Waals surface area (Å²) in [5.74, 6) is -1.21. The van der Waals surface area contributed by atoms with Crippen LogP contribution in [-0.2, 0) is 17.9 Å². The van der Waals surface area contributed by atoms with Crippen LogP contribution in [0.3, 0.4) is 0 Å². The van der Waals surface area contributed by atoms with Gasteiger partial charge >= 0.3 is 0 Å². The zero-order valence-corrected chi connectivity index (χ0v) is 20.7. The molecule has 0 radical (unpaired) electrons. The second-order valence-corrected chi connectivity index (χ2v) is 9.31. The predicted octanol–water partition coefficient (Wildman–Crippen LogP) is 4.04. The fourth-order valence-corrected chi connectivity index (χ4v) is 4.43. The molecule has 0 aliphatic carbocycles. The lowest BCUT2D eigenvalue weighted by molar-refractivity contribution is -0.133. The number of aryl methyl sites for hydroxylation is 1. The van der Waals surface area contributed by atoms with Crippen LogP contribution in [0.15, 0.2) is 54.9 Å². The monoisotopic (exact) mass is 493 g/mol. The number of para-hydroxylation sites is 1. The number of rotatable bonds is 7. The molecule has 9 heteroatoms. The molecule has 0 bridgehead atoms. The average Bonchev–Trinajstić information content (AvgIpc) is 3.26. The molecule has 1 atom stereocenters. The van der Waals surface area contributed by atoms with Gasteiger partial charge in [-0.05, 0) is 38.0 Å². The number of nitrogens with zero attached hydrogens (tertiary/aromatic N) is 3. The second-order valence-electron chi connectivity index (χ2n) is 8.90. The number of anilines is 1. The van der Waals surface area contributed by atoms with Gasteiger partial charge in [0.15, 0.2) is 5.69 Å². The van der Waals surface area contributed by atoms with Crippen LogP contribution in [-0.4, -0.2) is 44.3 Å². The van der Waals surface area contributed by atoms with E-state index in [4.69, 9.17) is 11.6 Å². The van der Waals surface area contributed by atoms with E-state index < -0.39 is 17.4 Å². The van der Waals surface area contributed by atoms with Crippen molar-refractivity contribution in [3.63, 3.8) is 0 Å². The molecular formula is C26H28ClN5O3. The number of carbonyl (C=O) groups excluding carboxylic acids is 3. The van der Waals surface area contributed by atoms with Gasteiger partial charge in [-0.25, -0.2) is 4.98 Å². The Morgan fingerprint density at radius 2 is 1.86 bits per heavy atom. The van der Waals surface area contributed by atoms with Crippen molar-refractivity contribution in [1.29, 1.82) is 0 Å². The van der Waals surface area contributed by atoms with Gasteiger partial charge in [-0.15, -0.1) is 0 Å². The first-order chi connectivity index (χ1) is 16.7. The van der Waals surface area contributed by atoms with Crippen LogP contribution in [0.25, 0.3) is 0 Å². The van der Waals surface area contributed by atoms with E-state index in [0.29, 0.717) is 30.2 Å². The number of aromatic nitrogens is 2. The lowest BCUT2D eigenvalue weighted by atomic mass is 9.93. The molecule has 1 aliphatic rings. The molecule has 182 valence electrons. The minimum Gasteiger partial charge on any atom is -0.350 e. The molecular weight excluding hydrogens is 466 g/mol. The number of hydrogen-bond acceptors (Lipinski definition) is 4. The Hall–Kier alpha value is -3.65. The highest BCUT2D eigenvalue weighted by Gasteiger charge is 2.48. The molecule has 1 aromatic heterocycles. The summed E-state index contributed by atoms with van der Waals surface area (Å²) >= 11 is 6.16. The average molecular weight is 494 g/mol. The Labute approximate surface area is 209 Å². The van der Waals surface area contributed by atoms with Gasteiger partial charge in [0.05, 0.1) is 23.6 Å². The topological polar surface area (TPSA) is 96.3 Å². The SMILES string of the molecule is CCCN1C(=O)c2c(C(=O)Nc3ccccc3Cl)ncn2C[C@@]1(C)C(=O)NCc1ccc(C)cc1. The highest BCUT2D eigenvalue weighted by atomic mass is 35.5. The number of carbonyl (C=O) groups is 3. The number of imidazole rings is 1. The summed E-state index contributed by atoms with van der Waals surface area (Å²) in [5.41, 5.74) is 1.56. The van der Waals surface area contributed by atoms with Crippen LogP contribution in [0.5, 0.6) is 0 Å². The van der Waals surface area contributed by atoms with E-state index in [9.17, 15) is 14.4 Å². The van der Waals surface area contributed by atoms with E-state index in [-0.39, 0.29) is 23.8 Å². The Morgan fingerprint density at radius 1 is 1.14 bits per heavy atom. The third-order valence-electron chi connectivity index (χ3n) is 6.21. The first-order valence-corrected chi connectivity index (χ1v) is 11.9. The van der Waals surface area contributed by atoms with Gasteiger partial charge in [-0.1, -0.05) is 60.5 Å². The summed E-state index contributed by atoms with van der Waals surface area (Å²) in [6, 6.07) is 14.7. The van der Waals surface area contributed by atoms with E-state index in [0.717, 1.165) is 11.1 Å². The van der Waals surface area contributed by atoms with E-state index >= 15 is 0 Å². The molecule has 0 saturated carbocycles. The van der Waals surface area contributed by atoms with Crippen LogP contribution < -0.4 is 10.6 Å². The molecule has 0 fully saturated rings. The molecule has 4 rings (SSSR count). The number of amides is 3. The highest BCUT2D eigenvalue weighted by molar-refractivity contribution is 6.34.